The molecule has 1 amide bonds. The van der Waals surface area contributed by atoms with Crippen LogP contribution >= 0.6 is 34.7 Å². The van der Waals surface area contributed by atoms with Crippen LogP contribution in [0.1, 0.15) is 23.7 Å². The molecule has 0 bridgehead atoms. The van der Waals surface area contributed by atoms with Crippen molar-refractivity contribution in [3.63, 3.8) is 0 Å². The van der Waals surface area contributed by atoms with Crippen molar-refractivity contribution < 1.29 is 4.79 Å². The molecule has 0 saturated carbocycles. The van der Waals surface area contributed by atoms with Crippen molar-refractivity contribution in [3.8, 4) is 0 Å². The molecule has 0 radical (unpaired) electrons. The Kier molecular flexibility index (Phi) is 5.18. The van der Waals surface area contributed by atoms with Crippen LogP contribution in [-0.4, -0.2) is 21.9 Å². The molecule has 0 unspecified atom stereocenters. The molecule has 0 fully saturated rings. The highest BCUT2D eigenvalue weighted by Crippen LogP contribution is 2.26. The van der Waals surface area contributed by atoms with Crippen LogP contribution in [0.3, 0.4) is 0 Å². The van der Waals surface area contributed by atoms with Crippen molar-refractivity contribution in [3.05, 3.63) is 34.9 Å². The summed E-state index contributed by atoms with van der Waals surface area (Å²) in [6, 6.07) is 6.90. The van der Waals surface area contributed by atoms with Gasteiger partial charge in [-0.1, -0.05) is 53.8 Å². The molecule has 0 aliphatic rings. The van der Waals surface area contributed by atoms with Gasteiger partial charge < -0.3 is 0 Å². The molecule has 7 heteroatoms. The molecular formula is C12H12ClN3OS2. The van der Waals surface area contributed by atoms with Crippen molar-refractivity contribution >= 4 is 45.7 Å². The summed E-state index contributed by atoms with van der Waals surface area (Å²) in [4.78, 5) is 12.0. The number of carbonyl (C=O) groups excluding carboxylic acids is 1. The Morgan fingerprint density at radius 3 is 2.95 bits per heavy atom. The number of rotatable bonds is 5. The van der Waals surface area contributed by atoms with E-state index in [0.717, 1.165) is 16.5 Å². The number of hydrogen-bond acceptors (Lipinski definition) is 5. The first kappa shape index (κ1) is 14.3. The first-order chi connectivity index (χ1) is 9.20. The lowest BCUT2D eigenvalue weighted by molar-refractivity contribution is 0.102. The van der Waals surface area contributed by atoms with E-state index in [1.165, 1.54) is 11.3 Å². The highest BCUT2D eigenvalue weighted by atomic mass is 35.5. The second-order valence-electron chi connectivity index (χ2n) is 3.66. The van der Waals surface area contributed by atoms with Gasteiger partial charge in [0.2, 0.25) is 5.13 Å². The Labute approximate surface area is 124 Å². The Bertz CT molecular complexity index is 574. The maximum absolute atomic E-state index is 12.0. The molecule has 1 aromatic heterocycles. The van der Waals surface area contributed by atoms with Gasteiger partial charge in [0.15, 0.2) is 4.34 Å². The van der Waals surface area contributed by atoms with E-state index in [-0.39, 0.29) is 5.91 Å². The van der Waals surface area contributed by atoms with Gasteiger partial charge in [-0.2, -0.15) is 0 Å². The van der Waals surface area contributed by atoms with Gasteiger partial charge in [0.1, 0.15) is 0 Å². The molecule has 0 atom stereocenters. The summed E-state index contributed by atoms with van der Waals surface area (Å²) in [5.41, 5.74) is 0.433. The molecule has 4 nitrogen and oxygen atoms in total. The molecule has 19 heavy (non-hydrogen) atoms. The van der Waals surface area contributed by atoms with Crippen LogP contribution in [0, 0.1) is 0 Å². The predicted octanol–water partition coefficient (Wildman–Crippen LogP) is 3.95. The lowest BCUT2D eigenvalue weighted by Crippen LogP contribution is -2.12. The van der Waals surface area contributed by atoms with Crippen LogP contribution in [0.5, 0.6) is 0 Å². The zero-order chi connectivity index (χ0) is 13.7. The second-order valence-corrected chi connectivity index (χ2v) is 6.38. The smallest absolute Gasteiger partial charge is 0.259 e. The average molecular weight is 314 g/mol. The van der Waals surface area contributed by atoms with Crippen LogP contribution in [0.2, 0.25) is 5.02 Å². The Morgan fingerprint density at radius 1 is 1.42 bits per heavy atom. The van der Waals surface area contributed by atoms with Gasteiger partial charge in [0.05, 0.1) is 10.6 Å². The lowest BCUT2D eigenvalue weighted by Gasteiger charge is -2.02. The van der Waals surface area contributed by atoms with E-state index in [2.05, 4.69) is 22.4 Å². The van der Waals surface area contributed by atoms with Crippen molar-refractivity contribution in [2.45, 2.75) is 17.7 Å². The van der Waals surface area contributed by atoms with Crippen LogP contribution < -0.4 is 5.32 Å². The molecule has 1 aromatic carbocycles. The van der Waals surface area contributed by atoms with Gasteiger partial charge in [0, 0.05) is 5.75 Å². The summed E-state index contributed by atoms with van der Waals surface area (Å²) >= 11 is 8.96. The third kappa shape index (κ3) is 3.92. The Hall–Kier alpha value is -1.11. The van der Waals surface area contributed by atoms with E-state index in [0.29, 0.717) is 15.7 Å². The summed E-state index contributed by atoms with van der Waals surface area (Å²) < 4.78 is 0.858. The van der Waals surface area contributed by atoms with Crippen LogP contribution in [-0.2, 0) is 0 Å². The molecule has 1 heterocycles. The number of aromatic nitrogens is 2. The number of anilines is 1. The normalized spacial score (nSPS) is 10.4. The zero-order valence-electron chi connectivity index (χ0n) is 10.2. The van der Waals surface area contributed by atoms with Crippen molar-refractivity contribution in [1.82, 2.24) is 10.2 Å². The van der Waals surface area contributed by atoms with Gasteiger partial charge in [-0.3, -0.25) is 10.1 Å². The minimum atomic E-state index is -0.270. The standard InChI is InChI=1S/C12H12ClN3OS2/c1-2-7-18-12-16-15-11(19-12)14-10(17)8-5-3-4-6-9(8)13/h3-6H,2,7H2,1H3,(H,14,15,17). The van der Waals surface area contributed by atoms with E-state index >= 15 is 0 Å². The number of nitrogens with one attached hydrogen (secondary N) is 1. The summed E-state index contributed by atoms with van der Waals surface area (Å²) in [5, 5.41) is 11.6. The number of amides is 1. The fourth-order valence-electron chi connectivity index (χ4n) is 1.32. The number of thioether (sulfide) groups is 1. The van der Waals surface area contributed by atoms with Gasteiger partial charge in [-0.05, 0) is 18.6 Å². The summed E-state index contributed by atoms with van der Waals surface area (Å²) in [6.07, 6.45) is 1.07. The summed E-state index contributed by atoms with van der Waals surface area (Å²) in [7, 11) is 0. The van der Waals surface area contributed by atoms with Crippen molar-refractivity contribution in [1.29, 1.82) is 0 Å². The third-order valence-electron chi connectivity index (χ3n) is 2.18. The third-order valence-corrected chi connectivity index (χ3v) is 4.68. The maximum Gasteiger partial charge on any atom is 0.259 e. The topological polar surface area (TPSA) is 54.9 Å². The SMILES string of the molecule is CCCSc1nnc(NC(=O)c2ccccc2Cl)s1. The monoisotopic (exact) mass is 313 g/mol. The van der Waals surface area contributed by atoms with Crippen molar-refractivity contribution in [2.24, 2.45) is 0 Å². The molecule has 0 aliphatic heterocycles. The van der Waals surface area contributed by atoms with Gasteiger partial charge >= 0.3 is 0 Å². The second kappa shape index (κ2) is 6.88. The van der Waals surface area contributed by atoms with E-state index in [9.17, 15) is 4.79 Å². The summed E-state index contributed by atoms with van der Waals surface area (Å²) in [6.45, 7) is 2.11. The lowest BCUT2D eigenvalue weighted by atomic mass is 10.2. The highest BCUT2D eigenvalue weighted by molar-refractivity contribution is 8.01. The van der Waals surface area contributed by atoms with Gasteiger partial charge in [0.25, 0.3) is 5.91 Å². The minimum absolute atomic E-state index is 0.270. The Morgan fingerprint density at radius 2 is 2.21 bits per heavy atom. The molecule has 0 aliphatic carbocycles. The molecule has 2 aromatic rings. The first-order valence-corrected chi connectivity index (χ1v) is 7.91. The number of halogens is 1. The predicted molar refractivity (Wildman–Crippen MR) is 80.3 cm³/mol. The van der Waals surface area contributed by atoms with E-state index < -0.39 is 0 Å². The molecule has 100 valence electrons. The van der Waals surface area contributed by atoms with Gasteiger partial charge in [-0.15, -0.1) is 10.2 Å². The quantitative estimate of drug-likeness (QED) is 0.671. The zero-order valence-corrected chi connectivity index (χ0v) is 12.6. The van der Waals surface area contributed by atoms with E-state index in [1.807, 2.05) is 0 Å². The molecule has 1 N–H and O–H groups in total. The summed E-state index contributed by atoms with van der Waals surface area (Å²) in [5.74, 6) is 0.724. The average Bonchev–Trinajstić information content (AvgIpc) is 2.84. The highest BCUT2D eigenvalue weighted by Gasteiger charge is 2.12. The fourth-order valence-corrected chi connectivity index (χ4v) is 3.21. The Balaban J connectivity index is 2.03. The fraction of sp³-hybridized carbons (Fsp3) is 0.250. The number of nitrogens with zero attached hydrogens (tertiary/aromatic N) is 2. The van der Waals surface area contributed by atoms with Crippen molar-refractivity contribution in [2.75, 3.05) is 11.1 Å². The van der Waals surface area contributed by atoms with E-state index in [1.54, 1.807) is 36.0 Å². The van der Waals surface area contributed by atoms with Crippen LogP contribution in [0.4, 0.5) is 5.13 Å². The largest absolute Gasteiger partial charge is 0.296 e. The first-order valence-electron chi connectivity index (χ1n) is 5.73. The number of carbonyl (C=O) groups is 1. The van der Waals surface area contributed by atoms with Crippen LogP contribution in [0.15, 0.2) is 28.6 Å². The van der Waals surface area contributed by atoms with Gasteiger partial charge in [-0.25, -0.2) is 0 Å². The number of hydrogen-bond donors (Lipinski definition) is 1. The molecule has 0 saturated heterocycles. The molecule has 2 rings (SSSR count). The maximum atomic E-state index is 12.0. The number of benzene rings is 1. The molecular weight excluding hydrogens is 302 g/mol. The van der Waals surface area contributed by atoms with E-state index in [4.69, 9.17) is 11.6 Å². The molecule has 0 spiro atoms. The minimum Gasteiger partial charge on any atom is -0.296 e. The van der Waals surface area contributed by atoms with Crippen LogP contribution in [0.25, 0.3) is 0 Å².